The van der Waals surface area contributed by atoms with Gasteiger partial charge in [0, 0.05) is 28.7 Å². The summed E-state index contributed by atoms with van der Waals surface area (Å²) >= 11 is 1.68. The molecule has 7 heteroatoms. The van der Waals surface area contributed by atoms with Crippen LogP contribution in [0.2, 0.25) is 0 Å². The molecule has 196 valence electrons. The maximum absolute atomic E-state index is 12.8. The number of nitrogens with zero attached hydrogens (tertiary/aromatic N) is 3. The number of pyridine rings is 1. The van der Waals surface area contributed by atoms with Gasteiger partial charge in [0.05, 0.1) is 17.0 Å². The first-order chi connectivity index (χ1) is 18.1. The maximum Gasteiger partial charge on any atom is 0.253 e. The van der Waals surface area contributed by atoms with Crippen LogP contribution in [-0.2, 0) is 12.8 Å². The Kier molecular flexibility index (Phi) is 8.52. The van der Waals surface area contributed by atoms with Crippen molar-refractivity contribution < 1.29 is 4.79 Å². The third-order valence-electron chi connectivity index (χ3n) is 8.06. The Balaban J connectivity index is 1.07. The molecule has 37 heavy (non-hydrogen) atoms. The molecule has 5 rings (SSSR count). The van der Waals surface area contributed by atoms with Crippen LogP contribution in [0.25, 0.3) is 11.3 Å². The first-order valence-electron chi connectivity index (χ1n) is 13.9. The van der Waals surface area contributed by atoms with E-state index in [0.717, 1.165) is 54.5 Å². The lowest BCUT2D eigenvalue weighted by molar-refractivity contribution is 0.0917. The average molecular weight is 518 g/mol. The molecule has 0 radical (unpaired) electrons. The third-order valence-corrected chi connectivity index (χ3v) is 9.01. The standard InChI is InChI=1S/C30H39N5OS/c1-2-17-35(25-13-15-27-28(19-25)37-30(31)34-27)18-16-21-8-11-24(12-9-21)33-29(36)23-10-14-26(32-20-23)22-6-4-3-5-7-22/h3-7,10,14,20-21,24-25H,2,8-9,11-13,15-19H2,1H3,(H2,31,34)(H,33,36). The molecule has 0 bridgehead atoms. The summed E-state index contributed by atoms with van der Waals surface area (Å²) < 4.78 is 0. The van der Waals surface area contributed by atoms with Gasteiger partial charge in [-0.05, 0) is 88.9 Å². The summed E-state index contributed by atoms with van der Waals surface area (Å²) in [5, 5.41) is 3.98. The minimum atomic E-state index is -0.00921. The minimum Gasteiger partial charge on any atom is -0.375 e. The summed E-state index contributed by atoms with van der Waals surface area (Å²) in [6.45, 7) is 4.62. The number of amides is 1. The molecular weight excluding hydrogens is 478 g/mol. The van der Waals surface area contributed by atoms with Crippen molar-refractivity contribution in [3.8, 4) is 11.3 Å². The smallest absolute Gasteiger partial charge is 0.253 e. The molecule has 6 nitrogen and oxygen atoms in total. The van der Waals surface area contributed by atoms with E-state index in [-0.39, 0.29) is 11.9 Å². The van der Waals surface area contributed by atoms with Gasteiger partial charge >= 0.3 is 0 Å². The molecule has 2 aliphatic rings. The molecule has 1 unspecified atom stereocenters. The van der Waals surface area contributed by atoms with Crippen LogP contribution < -0.4 is 11.1 Å². The van der Waals surface area contributed by atoms with E-state index in [1.807, 2.05) is 42.5 Å². The fourth-order valence-corrected chi connectivity index (χ4v) is 6.92. The van der Waals surface area contributed by atoms with Crippen LogP contribution >= 0.6 is 11.3 Å². The summed E-state index contributed by atoms with van der Waals surface area (Å²) in [4.78, 5) is 26.0. The second-order valence-electron chi connectivity index (χ2n) is 10.6. The van der Waals surface area contributed by atoms with Crippen molar-refractivity contribution in [2.45, 2.75) is 76.8 Å². The van der Waals surface area contributed by atoms with Crippen LogP contribution in [0.1, 0.15) is 72.8 Å². The number of nitrogens with two attached hydrogens (primary N) is 1. The van der Waals surface area contributed by atoms with Crippen LogP contribution in [0.4, 0.5) is 5.13 Å². The van der Waals surface area contributed by atoms with Gasteiger partial charge in [0.25, 0.3) is 5.91 Å². The summed E-state index contributed by atoms with van der Waals surface area (Å²) in [6, 6.07) is 14.7. The molecule has 1 aromatic carbocycles. The van der Waals surface area contributed by atoms with Crippen molar-refractivity contribution in [1.29, 1.82) is 0 Å². The Morgan fingerprint density at radius 3 is 2.62 bits per heavy atom. The van der Waals surface area contributed by atoms with E-state index in [1.54, 1.807) is 17.5 Å². The molecule has 1 amide bonds. The Morgan fingerprint density at radius 1 is 1.08 bits per heavy atom. The predicted octanol–water partition coefficient (Wildman–Crippen LogP) is 5.74. The highest BCUT2D eigenvalue weighted by atomic mass is 32.1. The summed E-state index contributed by atoms with van der Waals surface area (Å²) in [5.74, 6) is 0.739. The van der Waals surface area contributed by atoms with Crippen molar-refractivity contribution in [2.75, 3.05) is 18.8 Å². The Morgan fingerprint density at radius 2 is 1.89 bits per heavy atom. The van der Waals surface area contributed by atoms with Gasteiger partial charge in [-0.3, -0.25) is 9.78 Å². The van der Waals surface area contributed by atoms with Crippen molar-refractivity contribution >= 4 is 22.4 Å². The van der Waals surface area contributed by atoms with Crippen molar-refractivity contribution in [3.63, 3.8) is 0 Å². The van der Waals surface area contributed by atoms with Crippen LogP contribution in [0, 0.1) is 5.92 Å². The molecule has 2 heterocycles. The number of carbonyl (C=O) groups excluding carboxylic acids is 1. The first kappa shape index (κ1) is 25.9. The van der Waals surface area contributed by atoms with E-state index in [2.05, 4.69) is 27.1 Å². The zero-order chi connectivity index (χ0) is 25.6. The second-order valence-corrected chi connectivity index (χ2v) is 11.7. The largest absolute Gasteiger partial charge is 0.375 e. The van der Waals surface area contributed by atoms with E-state index in [1.165, 1.54) is 49.2 Å². The lowest BCUT2D eigenvalue weighted by Crippen LogP contribution is -2.41. The number of hydrogen-bond acceptors (Lipinski definition) is 6. The molecule has 1 fully saturated rings. The highest BCUT2D eigenvalue weighted by molar-refractivity contribution is 7.15. The van der Waals surface area contributed by atoms with Gasteiger partial charge in [-0.1, -0.05) is 37.3 Å². The van der Waals surface area contributed by atoms with Gasteiger partial charge in [0.1, 0.15) is 0 Å². The molecule has 1 saturated carbocycles. The molecular formula is C30H39N5OS. The highest BCUT2D eigenvalue weighted by Crippen LogP contribution is 2.32. The van der Waals surface area contributed by atoms with Crippen LogP contribution in [-0.4, -0.2) is 45.9 Å². The lowest BCUT2D eigenvalue weighted by Gasteiger charge is -2.36. The number of rotatable bonds is 9. The number of nitrogens with one attached hydrogen (secondary N) is 1. The fourth-order valence-electron chi connectivity index (χ4n) is 5.97. The molecule has 2 aliphatic carbocycles. The Hall–Kier alpha value is -2.77. The fraction of sp³-hybridized carbons (Fsp3) is 0.500. The normalized spacial score (nSPS) is 21.5. The van der Waals surface area contributed by atoms with Gasteiger partial charge in [-0.15, -0.1) is 11.3 Å². The number of nitrogen functional groups attached to an aromatic ring is 1. The zero-order valence-electron chi connectivity index (χ0n) is 21.9. The molecule has 0 aliphatic heterocycles. The predicted molar refractivity (Wildman–Crippen MR) is 152 cm³/mol. The van der Waals surface area contributed by atoms with Crippen LogP contribution in [0.15, 0.2) is 48.7 Å². The number of fused-ring (bicyclic) bond motifs is 1. The van der Waals surface area contributed by atoms with Crippen LogP contribution in [0.3, 0.4) is 0 Å². The van der Waals surface area contributed by atoms with E-state index < -0.39 is 0 Å². The monoisotopic (exact) mass is 517 g/mol. The van der Waals surface area contributed by atoms with Gasteiger partial charge in [-0.25, -0.2) is 4.98 Å². The Bertz CT molecular complexity index is 1150. The Labute approximate surface area is 224 Å². The number of benzene rings is 1. The number of hydrogen-bond donors (Lipinski definition) is 2. The number of carbonyl (C=O) groups is 1. The highest BCUT2D eigenvalue weighted by Gasteiger charge is 2.28. The molecule has 3 aromatic rings. The summed E-state index contributed by atoms with van der Waals surface area (Å²) in [6.07, 6.45) is 12.0. The van der Waals surface area contributed by atoms with Gasteiger partial charge in [0.2, 0.25) is 0 Å². The van der Waals surface area contributed by atoms with Gasteiger partial charge in [-0.2, -0.15) is 0 Å². The lowest BCUT2D eigenvalue weighted by atomic mass is 9.83. The van der Waals surface area contributed by atoms with E-state index in [4.69, 9.17) is 5.73 Å². The summed E-state index contributed by atoms with van der Waals surface area (Å²) in [7, 11) is 0. The molecule has 2 aromatic heterocycles. The summed E-state index contributed by atoms with van der Waals surface area (Å²) in [5.41, 5.74) is 9.78. The van der Waals surface area contributed by atoms with Crippen molar-refractivity contribution in [1.82, 2.24) is 20.2 Å². The molecule has 0 saturated heterocycles. The van der Waals surface area contributed by atoms with Crippen molar-refractivity contribution in [3.05, 3.63) is 64.8 Å². The first-order valence-corrected chi connectivity index (χ1v) is 14.7. The van der Waals surface area contributed by atoms with E-state index in [9.17, 15) is 4.79 Å². The van der Waals surface area contributed by atoms with Gasteiger partial charge in [0.15, 0.2) is 5.13 Å². The minimum absolute atomic E-state index is 0.00921. The third kappa shape index (κ3) is 6.57. The topological polar surface area (TPSA) is 84.1 Å². The SMILES string of the molecule is CCCN(CCC1CCC(NC(=O)c2ccc(-c3ccccc3)nc2)CC1)C1CCc2nc(N)sc2C1. The number of aromatic nitrogens is 2. The molecule has 1 atom stereocenters. The maximum atomic E-state index is 12.8. The molecule has 3 N–H and O–H groups in total. The van der Waals surface area contributed by atoms with Crippen LogP contribution in [0.5, 0.6) is 0 Å². The van der Waals surface area contributed by atoms with E-state index in [0.29, 0.717) is 11.6 Å². The molecule has 0 spiro atoms. The van der Waals surface area contributed by atoms with E-state index >= 15 is 0 Å². The number of aryl methyl sites for hydroxylation is 1. The quantitative estimate of drug-likeness (QED) is 0.378. The van der Waals surface area contributed by atoms with Gasteiger partial charge < -0.3 is 16.0 Å². The average Bonchev–Trinajstić information content (AvgIpc) is 3.31. The van der Waals surface area contributed by atoms with Crippen molar-refractivity contribution in [2.24, 2.45) is 5.92 Å². The zero-order valence-corrected chi connectivity index (χ0v) is 22.7. The second kappa shape index (κ2) is 12.2. The number of thiazole rings is 1. The number of anilines is 1.